The third-order valence-electron chi connectivity index (χ3n) is 14.3. The number of aryl methyl sites for hydroxylation is 3. The minimum absolute atomic E-state index is 0.850. The number of benzene rings is 9. The third kappa shape index (κ3) is 13.4. The first-order valence-electron chi connectivity index (χ1n) is 26.1. The maximum absolute atomic E-state index is 2.69. The summed E-state index contributed by atoms with van der Waals surface area (Å²) in [7, 11) is 0. The van der Waals surface area contributed by atoms with E-state index in [2.05, 4.69) is 254 Å². The summed E-state index contributed by atoms with van der Waals surface area (Å²) >= 11 is 0. The monoisotopic (exact) mass is 940 g/mol. The van der Waals surface area contributed by atoms with Crippen LogP contribution in [-0.2, 0) is 78.2 Å². The topological polar surface area (TPSA) is 9.72 Å². The molecule has 9 aromatic rings. The highest BCUT2D eigenvalue weighted by Gasteiger charge is 2.19. The Bertz CT molecular complexity index is 2780. The summed E-state index contributed by atoms with van der Waals surface area (Å²) in [6.07, 6.45) is 2.76. The quantitative estimate of drug-likeness (QED) is 0.121. The lowest BCUT2D eigenvalue weighted by Gasteiger charge is -2.28. The molecule has 0 aromatic heterocycles. The summed E-state index contributed by atoms with van der Waals surface area (Å²) in [6.45, 7) is 14.5. The highest BCUT2D eigenvalue weighted by Crippen LogP contribution is 2.27. The minimum Gasteiger partial charge on any atom is -0.291 e. The molecular weight excluding hydrogens is 871 g/mol. The van der Waals surface area contributed by atoms with Gasteiger partial charge in [0, 0.05) is 58.9 Å². The van der Waals surface area contributed by atoms with Crippen molar-refractivity contribution in [3.05, 3.63) is 319 Å². The first kappa shape index (κ1) is 48.5. The van der Waals surface area contributed by atoms with Crippen molar-refractivity contribution >= 4 is 0 Å². The summed E-state index contributed by atoms with van der Waals surface area (Å²) in [5.41, 5.74) is 24.5. The molecule has 3 heteroatoms. The predicted octanol–water partition coefficient (Wildman–Crippen LogP) is 15.3. The second kappa shape index (κ2) is 23.4. The van der Waals surface area contributed by atoms with Crippen LogP contribution in [0, 0.1) is 20.8 Å². The Morgan fingerprint density at radius 1 is 0.250 bits per heavy atom. The number of hydrogen-bond donors (Lipinski definition) is 0. The lowest BCUT2D eigenvalue weighted by atomic mass is 9.97. The zero-order valence-corrected chi connectivity index (χ0v) is 42.6. The van der Waals surface area contributed by atoms with Crippen molar-refractivity contribution in [1.29, 1.82) is 0 Å². The van der Waals surface area contributed by atoms with Crippen LogP contribution in [0.5, 0.6) is 0 Å². The second-order valence-corrected chi connectivity index (χ2v) is 20.7. The molecule has 0 atom stereocenters. The summed E-state index contributed by atoms with van der Waals surface area (Å²) in [4.78, 5) is 8.06. The van der Waals surface area contributed by atoms with E-state index in [1.807, 2.05) is 0 Å². The van der Waals surface area contributed by atoms with Crippen LogP contribution >= 0.6 is 0 Å². The van der Waals surface area contributed by atoms with Gasteiger partial charge in [0.25, 0.3) is 0 Å². The third-order valence-corrected chi connectivity index (χ3v) is 14.3. The summed E-state index contributed by atoms with van der Waals surface area (Å²) in [5, 5.41) is 0. The van der Waals surface area contributed by atoms with Crippen molar-refractivity contribution in [3.63, 3.8) is 0 Å². The summed E-state index contributed by atoms with van der Waals surface area (Å²) in [6, 6.07) is 82.2. The van der Waals surface area contributed by atoms with Crippen LogP contribution in [0.1, 0.15) is 100 Å². The summed E-state index contributed by atoms with van der Waals surface area (Å²) < 4.78 is 0. The van der Waals surface area contributed by atoms with Gasteiger partial charge in [-0.3, -0.25) is 14.7 Å². The Morgan fingerprint density at radius 3 is 0.694 bits per heavy atom. The molecule has 0 N–H and O–H groups in total. The highest BCUT2D eigenvalue weighted by atomic mass is 15.1. The molecule has 0 saturated carbocycles. The molecule has 10 rings (SSSR count). The average molecular weight is 940 g/mol. The van der Waals surface area contributed by atoms with Crippen LogP contribution in [0.4, 0.5) is 0 Å². The molecule has 1 heterocycles. The zero-order chi connectivity index (χ0) is 49.1. The fourth-order valence-electron chi connectivity index (χ4n) is 11.3. The number of fused-ring (bicyclic) bond motifs is 6. The smallest absolute Gasteiger partial charge is 0.0243 e. The number of hydrogen-bond acceptors (Lipinski definition) is 3. The lowest BCUT2D eigenvalue weighted by Crippen LogP contribution is -2.26. The number of rotatable bonds is 12. The number of nitrogens with zero attached hydrogens (tertiary/aromatic N) is 3. The molecule has 0 spiro atoms. The van der Waals surface area contributed by atoms with E-state index in [0.29, 0.717) is 0 Å². The minimum atomic E-state index is 0.850. The van der Waals surface area contributed by atoms with Gasteiger partial charge in [0.15, 0.2) is 0 Å². The average Bonchev–Trinajstić information content (AvgIpc) is 3.36. The molecule has 0 unspecified atom stereocenters. The normalized spacial score (nSPS) is 13.9. The molecule has 0 aliphatic carbocycles. The molecule has 0 saturated heterocycles. The Labute approximate surface area is 430 Å². The Kier molecular flexibility index (Phi) is 15.8. The van der Waals surface area contributed by atoms with E-state index < -0.39 is 0 Å². The molecule has 0 radical (unpaired) electrons. The summed E-state index contributed by atoms with van der Waals surface area (Å²) in [5.74, 6) is 0. The molecule has 72 heavy (non-hydrogen) atoms. The van der Waals surface area contributed by atoms with Crippen LogP contribution in [0.15, 0.2) is 218 Å². The van der Waals surface area contributed by atoms with Crippen molar-refractivity contribution in [2.75, 3.05) is 0 Å². The van der Waals surface area contributed by atoms with E-state index in [-0.39, 0.29) is 0 Å². The molecule has 3 nitrogen and oxygen atoms in total. The fraction of sp³-hybridized carbons (Fsp3) is 0.217. The van der Waals surface area contributed by atoms with Crippen molar-refractivity contribution in [2.45, 2.75) is 98.9 Å². The van der Waals surface area contributed by atoms with Gasteiger partial charge >= 0.3 is 0 Å². The predicted molar refractivity (Wildman–Crippen MR) is 299 cm³/mol. The van der Waals surface area contributed by atoms with E-state index in [1.54, 1.807) is 0 Å². The first-order valence-corrected chi connectivity index (χ1v) is 26.1. The Balaban J connectivity index is 1.05. The molecule has 9 aromatic carbocycles. The van der Waals surface area contributed by atoms with E-state index in [0.717, 1.165) is 78.2 Å². The van der Waals surface area contributed by atoms with E-state index in [9.17, 15) is 0 Å². The molecular formula is C69H69N3. The molecule has 1 aliphatic rings. The maximum Gasteiger partial charge on any atom is 0.0243 e. The molecule has 0 amide bonds. The zero-order valence-electron chi connectivity index (χ0n) is 42.6. The van der Waals surface area contributed by atoms with Crippen molar-refractivity contribution in [1.82, 2.24) is 14.7 Å². The van der Waals surface area contributed by atoms with Gasteiger partial charge in [-0.2, -0.15) is 0 Å². The SMILES string of the molecule is Cc1cc2cc(c1)CN(Cc1ccccc1Cc1ccccc1)Cc1cc(C)cc(c1)CN(Cc1ccccc1Cc1ccccc1)Cc1cc(C)cc(c1)CN(Cc1ccccc1Cc1ccccc1)C2. The highest BCUT2D eigenvalue weighted by molar-refractivity contribution is 5.39. The van der Waals surface area contributed by atoms with Crippen LogP contribution in [0.2, 0.25) is 0 Å². The van der Waals surface area contributed by atoms with Gasteiger partial charge < -0.3 is 0 Å². The second-order valence-electron chi connectivity index (χ2n) is 20.7. The van der Waals surface area contributed by atoms with Gasteiger partial charge in [0.2, 0.25) is 0 Å². The van der Waals surface area contributed by atoms with Crippen molar-refractivity contribution < 1.29 is 0 Å². The largest absolute Gasteiger partial charge is 0.291 e. The van der Waals surface area contributed by atoms with E-state index in [4.69, 9.17) is 0 Å². The molecule has 1 aliphatic heterocycles. The first-order chi connectivity index (χ1) is 35.3. The van der Waals surface area contributed by atoms with Gasteiger partial charge in [-0.05, 0) is 123 Å². The molecule has 0 fully saturated rings. The van der Waals surface area contributed by atoms with Crippen LogP contribution in [0.25, 0.3) is 0 Å². The standard InChI is InChI=1S/C69H69N3/c1-52-31-58-37-59(32-52)44-71(50-68-29-17-14-26-65(68)41-56-21-9-5-10-22-56)46-61-34-54(3)36-63(39-61)48-72(51-69-30-18-15-27-66(69)42-57-23-11-6-12-24-57)47-62-35-53(2)33-60(38-62)45-70(43-58)49-67-28-16-13-25-64(67)40-55-19-7-4-8-20-55/h4-39H,40-51H2,1-3H3. The van der Waals surface area contributed by atoms with Crippen LogP contribution in [-0.4, -0.2) is 14.7 Å². The Morgan fingerprint density at radius 2 is 0.458 bits per heavy atom. The fourth-order valence-corrected chi connectivity index (χ4v) is 11.3. The van der Waals surface area contributed by atoms with E-state index in [1.165, 1.54) is 100 Å². The molecule has 6 bridgehead atoms. The van der Waals surface area contributed by atoms with Crippen LogP contribution in [0.3, 0.4) is 0 Å². The lowest BCUT2D eigenvalue weighted by molar-refractivity contribution is 0.238. The van der Waals surface area contributed by atoms with Gasteiger partial charge in [0.1, 0.15) is 0 Å². The van der Waals surface area contributed by atoms with Gasteiger partial charge in [0.05, 0.1) is 0 Å². The maximum atomic E-state index is 2.69. The van der Waals surface area contributed by atoms with Gasteiger partial charge in [-0.1, -0.05) is 235 Å². The van der Waals surface area contributed by atoms with Crippen molar-refractivity contribution in [2.24, 2.45) is 0 Å². The molecule has 360 valence electrons. The van der Waals surface area contributed by atoms with Gasteiger partial charge in [-0.15, -0.1) is 0 Å². The van der Waals surface area contributed by atoms with E-state index >= 15 is 0 Å². The van der Waals surface area contributed by atoms with Crippen molar-refractivity contribution in [3.8, 4) is 0 Å². The Hall–Kier alpha value is -7.14. The van der Waals surface area contributed by atoms with Crippen LogP contribution < -0.4 is 0 Å². The van der Waals surface area contributed by atoms with Gasteiger partial charge in [-0.25, -0.2) is 0 Å².